The number of likely N-dealkylation sites (N-methyl/N-ethyl adjacent to an activating group) is 1. The lowest BCUT2D eigenvalue weighted by Crippen LogP contribution is -2.54. The Bertz CT molecular complexity index is 1270. The number of amides is 1. The van der Waals surface area contributed by atoms with Gasteiger partial charge in [-0.15, -0.1) is 0 Å². The van der Waals surface area contributed by atoms with E-state index in [4.69, 9.17) is 16.9 Å². The topological polar surface area (TPSA) is 65.2 Å². The molecule has 6 nitrogen and oxygen atoms in total. The van der Waals surface area contributed by atoms with Crippen LogP contribution in [0.1, 0.15) is 28.8 Å². The first kappa shape index (κ1) is 22.4. The number of carbonyl (C=O) groups excluding carboxylic acids is 1. The lowest BCUT2D eigenvalue weighted by atomic mass is 9.79. The molecule has 0 saturated carbocycles. The highest BCUT2D eigenvalue weighted by atomic mass is 35.5. The second kappa shape index (κ2) is 9.46. The van der Waals surface area contributed by atoms with E-state index >= 15 is 0 Å². The third kappa shape index (κ3) is 4.50. The number of imidazole rings is 1. The van der Waals surface area contributed by atoms with Gasteiger partial charge in [-0.3, -0.25) is 9.69 Å². The molecule has 34 heavy (non-hydrogen) atoms. The molecule has 0 spiro atoms. The molecule has 0 bridgehead atoms. The van der Waals surface area contributed by atoms with Crippen molar-refractivity contribution in [3.63, 3.8) is 0 Å². The maximum Gasteiger partial charge on any atom is 0.246 e. The van der Waals surface area contributed by atoms with Gasteiger partial charge >= 0.3 is 0 Å². The van der Waals surface area contributed by atoms with E-state index in [2.05, 4.69) is 20.5 Å². The summed E-state index contributed by atoms with van der Waals surface area (Å²) in [6.07, 6.45) is 7.26. The van der Waals surface area contributed by atoms with Gasteiger partial charge in [0.1, 0.15) is 0 Å². The van der Waals surface area contributed by atoms with Crippen molar-refractivity contribution >= 4 is 23.1 Å². The number of nitriles is 1. The first-order valence-electron chi connectivity index (χ1n) is 11.5. The van der Waals surface area contributed by atoms with Crippen molar-refractivity contribution in [3.8, 4) is 6.07 Å². The number of hydrogen-bond donors (Lipinski definition) is 0. The van der Waals surface area contributed by atoms with E-state index < -0.39 is 0 Å². The summed E-state index contributed by atoms with van der Waals surface area (Å²) in [5, 5.41) is 9.71. The molecule has 0 radical (unpaired) electrons. The Hall–Kier alpha value is -3.40. The summed E-state index contributed by atoms with van der Waals surface area (Å²) in [5.41, 5.74) is 5.05. The zero-order valence-corrected chi connectivity index (χ0v) is 19.8. The van der Waals surface area contributed by atoms with Crippen LogP contribution in [0, 0.1) is 17.2 Å². The monoisotopic (exact) mass is 471 g/mol. The van der Waals surface area contributed by atoms with Gasteiger partial charge < -0.3 is 9.47 Å². The number of halogens is 1. The SMILES string of the molecule is CN1C(=O)C=C(c2cccc(Cl)c2)C2CN(Cn3cncc3Cc3ccc(C#N)cc3)CCC21. The Morgan fingerprint density at radius 2 is 2.03 bits per heavy atom. The summed E-state index contributed by atoms with van der Waals surface area (Å²) in [6.45, 7) is 2.51. The molecule has 5 rings (SSSR count). The van der Waals surface area contributed by atoms with Crippen LogP contribution in [0.25, 0.3) is 5.57 Å². The highest BCUT2D eigenvalue weighted by Crippen LogP contribution is 2.37. The third-order valence-electron chi connectivity index (χ3n) is 6.96. The second-order valence-electron chi connectivity index (χ2n) is 9.08. The number of carbonyl (C=O) groups is 1. The Morgan fingerprint density at radius 3 is 2.79 bits per heavy atom. The van der Waals surface area contributed by atoms with Crippen LogP contribution in [0.3, 0.4) is 0 Å². The molecule has 1 fully saturated rings. The van der Waals surface area contributed by atoms with Crippen molar-refractivity contribution in [2.45, 2.75) is 25.6 Å². The molecular weight excluding hydrogens is 446 g/mol. The number of benzene rings is 2. The fourth-order valence-electron chi connectivity index (χ4n) is 5.12. The second-order valence-corrected chi connectivity index (χ2v) is 9.52. The van der Waals surface area contributed by atoms with E-state index in [9.17, 15) is 4.79 Å². The quantitative estimate of drug-likeness (QED) is 0.559. The van der Waals surface area contributed by atoms with Crippen molar-refractivity contribution in [3.05, 3.63) is 94.5 Å². The number of aromatic nitrogens is 2. The predicted molar refractivity (Wildman–Crippen MR) is 132 cm³/mol. The highest BCUT2D eigenvalue weighted by molar-refractivity contribution is 6.30. The van der Waals surface area contributed by atoms with Crippen LogP contribution in [0.5, 0.6) is 0 Å². The molecule has 0 aliphatic carbocycles. The van der Waals surface area contributed by atoms with Gasteiger partial charge in [0.15, 0.2) is 0 Å². The van der Waals surface area contributed by atoms with Crippen LogP contribution in [0.4, 0.5) is 0 Å². The molecule has 1 saturated heterocycles. The number of rotatable bonds is 5. The van der Waals surface area contributed by atoms with Crippen molar-refractivity contribution in [1.82, 2.24) is 19.4 Å². The maximum absolute atomic E-state index is 12.7. The minimum absolute atomic E-state index is 0.0592. The number of nitrogens with zero attached hydrogens (tertiary/aromatic N) is 5. The zero-order valence-electron chi connectivity index (χ0n) is 19.1. The summed E-state index contributed by atoms with van der Waals surface area (Å²) < 4.78 is 2.19. The van der Waals surface area contributed by atoms with Gasteiger partial charge in [0.2, 0.25) is 5.91 Å². The van der Waals surface area contributed by atoms with E-state index in [0.29, 0.717) is 10.6 Å². The van der Waals surface area contributed by atoms with Gasteiger partial charge in [-0.25, -0.2) is 4.98 Å². The molecule has 2 aliphatic heterocycles. The molecule has 1 amide bonds. The fraction of sp³-hybridized carbons (Fsp3) is 0.296. The minimum Gasteiger partial charge on any atom is -0.339 e. The van der Waals surface area contributed by atoms with Crippen LogP contribution in [-0.4, -0.2) is 51.4 Å². The average molecular weight is 472 g/mol. The number of fused-ring (bicyclic) bond motifs is 1. The Balaban J connectivity index is 1.34. The van der Waals surface area contributed by atoms with Gasteiger partial charge in [0.05, 0.1) is 24.6 Å². The summed E-state index contributed by atoms with van der Waals surface area (Å²) in [6, 6.07) is 17.8. The van der Waals surface area contributed by atoms with Crippen LogP contribution < -0.4 is 0 Å². The van der Waals surface area contributed by atoms with Crippen molar-refractivity contribution in [1.29, 1.82) is 5.26 Å². The van der Waals surface area contributed by atoms with Crippen LogP contribution in [-0.2, 0) is 17.9 Å². The van der Waals surface area contributed by atoms with E-state index in [-0.39, 0.29) is 17.9 Å². The molecule has 0 N–H and O–H groups in total. The first-order valence-corrected chi connectivity index (χ1v) is 11.8. The molecule has 172 valence electrons. The molecule has 2 atom stereocenters. The molecular formula is C27H26ClN5O. The Labute approximate surface area is 204 Å². The lowest BCUT2D eigenvalue weighted by Gasteiger charge is -2.46. The highest BCUT2D eigenvalue weighted by Gasteiger charge is 2.39. The number of likely N-dealkylation sites (tertiary alicyclic amines) is 1. The smallest absolute Gasteiger partial charge is 0.246 e. The van der Waals surface area contributed by atoms with Gasteiger partial charge in [-0.05, 0) is 47.4 Å². The summed E-state index contributed by atoms with van der Waals surface area (Å²) in [7, 11) is 1.91. The van der Waals surface area contributed by atoms with Crippen LogP contribution >= 0.6 is 11.6 Å². The molecule has 2 aliphatic rings. The Kier molecular flexibility index (Phi) is 6.23. The van der Waals surface area contributed by atoms with E-state index in [1.54, 1.807) is 6.08 Å². The van der Waals surface area contributed by atoms with Crippen LogP contribution in [0.2, 0.25) is 5.02 Å². The summed E-state index contributed by atoms with van der Waals surface area (Å²) in [4.78, 5) is 21.4. The fourth-order valence-corrected chi connectivity index (χ4v) is 5.31. The molecule has 3 heterocycles. The van der Waals surface area contributed by atoms with Gasteiger partial charge in [-0.1, -0.05) is 35.9 Å². The first-order chi connectivity index (χ1) is 16.5. The van der Waals surface area contributed by atoms with Gasteiger partial charge in [0.25, 0.3) is 0 Å². The van der Waals surface area contributed by atoms with Gasteiger partial charge in [0, 0.05) is 61.5 Å². The Morgan fingerprint density at radius 1 is 1.21 bits per heavy atom. The normalized spacial score (nSPS) is 20.6. The minimum atomic E-state index is 0.0592. The summed E-state index contributed by atoms with van der Waals surface area (Å²) >= 11 is 6.27. The van der Waals surface area contributed by atoms with E-state index in [1.807, 2.05) is 73.0 Å². The zero-order chi connectivity index (χ0) is 23.7. The maximum atomic E-state index is 12.7. The summed E-state index contributed by atoms with van der Waals surface area (Å²) in [5.74, 6) is 0.282. The third-order valence-corrected chi connectivity index (χ3v) is 7.20. The average Bonchev–Trinajstić information content (AvgIpc) is 3.28. The van der Waals surface area contributed by atoms with E-state index in [0.717, 1.165) is 55.0 Å². The number of piperidine rings is 1. The van der Waals surface area contributed by atoms with E-state index in [1.165, 1.54) is 0 Å². The van der Waals surface area contributed by atoms with Gasteiger partial charge in [-0.2, -0.15) is 5.26 Å². The predicted octanol–water partition coefficient (Wildman–Crippen LogP) is 4.20. The van der Waals surface area contributed by atoms with Crippen molar-refractivity contribution in [2.75, 3.05) is 20.1 Å². The molecule has 7 heteroatoms. The number of hydrogen-bond acceptors (Lipinski definition) is 4. The largest absolute Gasteiger partial charge is 0.339 e. The lowest BCUT2D eigenvalue weighted by molar-refractivity contribution is -0.129. The molecule has 2 aromatic carbocycles. The van der Waals surface area contributed by atoms with Crippen molar-refractivity contribution in [2.24, 2.45) is 5.92 Å². The molecule has 3 aromatic rings. The molecule has 1 aromatic heterocycles. The van der Waals surface area contributed by atoms with Crippen LogP contribution in [0.15, 0.2) is 67.1 Å². The molecule has 2 unspecified atom stereocenters. The van der Waals surface area contributed by atoms with Crippen molar-refractivity contribution < 1.29 is 4.79 Å². The standard InChI is InChI=1S/C27H26ClN5O/c1-31-26-9-10-32(16-25(26)24(13-27(31)34)21-3-2-4-22(28)12-21)18-33-17-30-15-23(33)11-19-5-7-20(14-29)8-6-19/h2-8,12-13,15,17,25-26H,9-11,16,18H2,1H3.